The number of hydrogen-bond donors (Lipinski definition) is 3. The summed E-state index contributed by atoms with van der Waals surface area (Å²) in [6, 6.07) is 7.38. The summed E-state index contributed by atoms with van der Waals surface area (Å²) in [7, 11) is 0. The minimum Gasteiger partial charge on any atom is -0.338 e. The molecule has 0 aliphatic rings. The van der Waals surface area contributed by atoms with Gasteiger partial charge in [-0.15, -0.1) is 0 Å². The third kappa shape index (κ3) is 3.90. The van der Waals surface area contributed by atoms with Crippen LogP contribution >= 0.6 is 0 Å². The van der Waals surface area contributed by atoms with Crippen LogP contribution in [0.1, 0.15) is 31.9 Å². The van der Waals surface area contributed by atoms with E-state index in [1.165, 1.54) is 0 Å². The first-order valence-corrected chi connectivity index (χ1v) is 5.54. The standard InChI is InChI=1S/C12H19N3O/c1-3-8-14-12(16)15-11-6-4-10(5-7-11)9(2)13/h4-7,9H,3,8,13H2,1-2H3,(H2,14,15,16). The molecule has 0 radical (unpaired) electrons. The molecule has 16 heavy (non-hydrogen) atoms. The van der Waals surface area contributed by atoms with Crippen LogP contribution in [0, 0.1) is 0 Å². The number of rotatable bonds is 4. The molecule has 0 aromatic heterocycles. The quantitative estimate of drug-likeness (QED) is 0.730. The molecule has 0 saturated carbocycles. The number of nitrogens with one attached hydrogen (secondary N) is 2. The fourth-order valence-corrected chi connectivity index (χ4v) is 1.28. The van der Waals surface area contributed by atoms with Crippen molar-refractivity contribution in [3.63, 3.8) is 0 Å². The van der Waals surface area contributed by atoms with Crippen LogP contribution in [0.3, 0.4) is 0 Å². The van der Waals surface area contributed by atoms with E-state index in [2.05, 4.69) is 10.6 Å². The van der Waals surface area contributed by atoms with Gasteiger partial charge in [0.25, 0.3) is 0 Å². The monoisotopic (exact) mass is 221 g/mol. The maximum atomic E-state index is 11.3. The van der Waals surface area contributed by atoms with Crippen LogP contribution < -0.4 is 16.4 Å². The fraction of sp³-hybridized carbons (Fsp3) is 0.417. The fourth-order valence-electron chi connectivity index (χ4n) is 1.28. The number of amides is 2. The zero-order valence-corrected chi connectivity index (χ0v) is 9.79. The summed E-state index contributed by atoms with van der Waals surface area (Å²) in [6.45, 7) is 4.62. The third-order valence-electron chi connectivity index (χ3n) is 2.23. The molecule has 4 N–H and O–H groups in total. The van der Waals surface area contributed by atoms with Crippen molar-refractivity contribution in [1.82, 2.24) is 5.32 Å². The molecule has 1 atom stereocenters. The van der Waals surface area contributed by atoms with Crippen LogP contribution in [0.15, 0.2) is 24.3 Å². The van der Waals surface area contributed by atoms with Gasteiger partial charge in [0.2, 0.25) is 0 Å². The van der Waals surface area contributed by atoms with Crippen LogP contribution in [-0.2, 0) is 0 Å². The van der Waals surface area contributed by atoms with Gasteiger partial charge in [-0.25, -0.2) is 4.79 Å². The van der Waals surface area contributed by atoms with Crippen molar-refractivity contribution in [3.8, 4) is 0 Å². The second-order valence-corrected chi connectivity index (χ2v) is 3.79. The Balaban J connectivity index is 2.51. The Hall–Kier alpha value is -1.55. The van der Waals surface area contributed by atoms with Gasteiger partial charge >= 0.3 is 6.03 Å². The second-order valence-electron chi connectivity index (χ2n) is 3.79. The molecule has 0 saturated heterocycles. The van der Waals surface area contributed by atoms with Crippen LogP contribution in [-0.4, -0.2) is 12.6 Å². The van der Waals surface area contributed by atoms with Crippen LogP contribution in [0.25, 0.3) is 0 Å². The highest BCUT2D eigenvalue weighted by atomic mass is 16.2. The number of benzene rings is 1. The SMILES string of the molecule is CCCNC(=O)Nc1ccc(C(C)N)cc1. The van der Waals surface area contributed by atoms with Crippen molar-refractivity contribution < 1.29 is 4.79 Å². The Bertz CT molecular complexity index is 333. The normalized spacial score (nSPS) is 11.9. The summed E-state index contributed by atoms with van der Waals surface area (Å²) >= 11 is 0. The summed E-state index contributed by atoms with van der Waals surface area (Å²) in [5.41, 5.74) is 7.56. The van der Waals surface area contributed by atoms with E-state index in [4.69, 9.17) is 5.73 Å². The molecule has 0 heterocycles. The first kappa shape index (κ1) is 12.5. The lowest BCUT2D eigenvalue weighted by Crippen LogP contribution is -2.29. The van der Waals surface area contributed by atoms with E-state index < -0.39 is 0 Å². The molecule has 1 aromatic rings. The molecule has 0 bridgehead atoms. The second kappa shape index (κ2) is 6.12. The van der Waals surface area contributed by atoms with E-state index in [0.717, 1.165) is 17.7 Å². The zero-order chi connectivity index (χ0) is 12.0. The van der Waals surface area contributed by atoms with E-state index >= 15 is 0 Å². The minimum absolute atomic E-state index is 0.0166. The van der Waals surface area contributed by atoms with Gasteiger partial charge in [0, 0.05) is 18.3 Å². The van der Waals surface area contributed by atoms with Crippen LogP contribution in [0.2, 0.25) is 0 Å². The molecule has 0 fully saturated rings. The van der Waals surface area contributed by atoms with Gasteiger partial charge in [0.15, 0.2) is 0 Å². The number of nitrogens with two attached hydrogens (primary N) is 1. The summed E-state index contributed by atoms with van der Waals surface area (Å²) in [4.78, 5) is 11.3. The molecular formula is C12H19N3O. The molecule has 0 aliphatic heterocycles. The third-order valence-corrected chi connectivity index (χ3v) is 2.23. The molecule has 1 unspecified atom stereocenters. The Morgan fingerprint density at radius 3 is 2.50 bits per heavy atom. The minimum atomic E-state index is -0.171. The van der Waals surface area contributed by atoms with Gasteiger partial charge in [0.1, 0.15) is 0 Å². The maximum absolute atomic E-state index is 11.3. The predicted octanol–water partition coefficient (Wildman–Crippen LogP) is 2.24. The van der Waals surface area contributed by atoms with E-state index in [1.807, 2.05) is 38.1 Å². The Labute approximate surface area is 96.2 Å². The zero-order valence-electron chi connectivity index (χ0n) is 9.79. The van der Waals surface area contributed by atoms with Gasteiger partial charge in [0.05, 0.1) is 0 Å². The molecule has 2 amide bonds. The molecule has 88 valence electrons. The molecule has 0 spiro atoms. The van der Waals surface area contributed by atoms with Crippen molar-refractivity contribution in [2.24, 2.45) is 5.73 Å². The van der Waals surface area contributed by atoms with Crippen LogP contribution in [0.4, 0.5) is 10.5 Å². The van der Waals surface area contributed by atoms with Gasteiger partial charge in [-0.05, 0) is 31.0 Å². The van der Waals surface area contributed by atoms with Gasteiger partial charge in [-0.3, -0.25) is 0 Å². The smallest absolute Gasteiger partial charge is 0.319 e. The lowest BCUT2D eigenvalue weighted by atomic mass is 10.1. The number of carbonyl (C=O) groups is 1. The van der Waals surface area contributed by atoms with Crippen molar-refractivity contribution in [1.29, 1.82) is 0 Å². The summed E-state index contributed by atoms with van der Waals surface area (Å²) < 4.78 is 0. The molecular weight excluding hydrogens is 202 g/mol. The highest BCUT2D eigenvalue weighted by Gasteiger charge is 2.01. The van der Waals surface area contributed by atoms with Crippen LogP contribution in [0.5, 0.6) is 0 Å². The molecule has 4 heteroatoms. The topological polar surface area (TPSA) is 67.2 Å². The van der Waals surface area contributed by atoms with Crippen molar-refractivity contribution in [2.75, 3.05) is 11.9 Å². The number of urea groups is 1. The summed E-state index contributed by atoms with van der Waals surface area (Å²) in [5, 5.41) is 5.50. The van der Waals surface area contributed by atoms with E-state index in [1.54, 1.807) is 0 Å². The summed E-state index contributed by atoms with van der Waals surface area (Å²) in [5.74, 6) is 0. The number of anilines is 1. The van der Waals surface area contributed by atoms with Crippen molar-refractivity contribution >= 4 is 11.7 Å². The molecule has 0 aliphatic carbocycles. The number of carbonyl (C=O) groups excluding carboxylic acids is 1. The highest BCUT2D eigenvalue weighted by molar-refractivity contribution is 5.89. The van der Waals surface area contributed by atoms with Crippen molar-refractivity contribution in [2.45, 2.75) is 26.3 Å². The Morgan fingerprint density at radius 2 is 2.00 bits per heavy atom. The lowest BCUT2D eigenvalue weighted by molar-refractivity contribution is 0.252. The maximum Gasteiger partial charge on any atom is 0.319 e. The average Bonchev–Trinajstić information content (AvgIpc) is 2.27. The average molecular weight is 221 g/mol. The lowest BCUT2D eigenvalue weighted by Gasteiger charge is -2.09. The van der Waals surface area contributed by atoms with E-state index in [9.17, 15) is 4.79 Å². The largest absolute Gasteiger partial charge is 0.338 e. The first-order chi connectivity index (χ1) is 7.63. The highest BCUT2D eigenvalue weighted by Crippen LogP contribution is 2.13. The molecule has 1 aromatic carbocycles. The van der Waals surface area contributed by atoms with E-state index in [-0.39, 0.29) is 12.1 Å². The van der Waals surface area contributed by atoms with E-state index in [0.29, 0.717) is 6.54 Å². The van der Waals surface area contributed by atoms with Crippen molar-refractivity contribution in [3.05, 3.63) is 29.8 Å². The number of hydrogen-bond acceptors (Lipinski definition) is 2. The van der Waals surface area contributed by atoms with Gasteiger partial charge < -0.3 is 16.4 Å². The first-order valence-electron chi connectivity index (χ1n) is 5.54. The predicted molar refractivity (Wildman–Crippen MR) is 66.4 cm³/mol. The molecule has 4 nitrogen and oxygen atoms in total. The molecule has 1 rings (SSSR count). The summed E-state index contributed by atoms with van der Waals surface area (Å²) in [6.07, 6.45) is 0.928. The Morgan fingerprint density at radius 1 is 1.38 bits per heavy atom. The van der Waals surface area contributed by atoms with Gasteiger partial charge in [-0.2, -0.15) is 0 Å². The Kier molecular flexibility index (Phi) is 4.79. The van der Waals surface area contributed by atoms with Gasteiger partial charge in [-0.1, -0.05) is 19.1 Å².